The van der Waals surface area contributed by atoms with Crippen LogP contribution in [0.3, 0.4) is 0 Å². The van der Waals surface area contributed by atoms with Crippen molar-refractivity contribution in [3.63, 3.8) is 0 Å². The number of aromatic nitrogens is 1. The topological polar surface area (TPSA) is 50.1 Å². The van der Waals surface area contributed by atoms with Crippen LogP contribution >= 0.6 is 12.2 Å². The van der Waals surface area contributed by atoms with E-state index in [1.54, 1.807) is 6.20 Å². The van der Waals surface area contributed by atoms with Gasteiger partial charge in [-0.3, -0.25) is 0 Å². The van der Waals surface area contributed by atoms with Gasteiger partial charge in [0.15, 0.2) is 5.11 Å². The Bertz CT molecular complexity index is 338. The zero-order valence-electron chi connectivity index (χ0n) is 10.0. The molecule has 1 aromatic heterocycles. The number of nitrogens with one attached hydrogen (secondary N) is 2. The summed E-state index contributed by atoms with van der Waals surface area (Å²) in [4.78, 5) is 4.15. The lowest BCUT2D eigenvalue weighted by molar-refractivity contribution is 0.428. The van der Waals surface area contributed by atoms with Crippen molar-refractivity contribution < 1.29 is 4.42 Å². The Morgan fingerprint density at radius 3 is 2.94 bits per heavy atom. The molecular formula is C11H19N3OS. The van der Waals surface area contributed by atoms with Crippen LogP contribution in [0.5, 0.6) is 0 Å². The predicted molar refractivity (Wildman–Crippen MR) is 68.3 cm³/mol. The zero-order chi connectivity index (χ0) is 12.0. The van der Waals surface area contributed by atoms with Crippen LogP contribution < -0.4 is 10.6 Å². The fourth-order valence-corrected chi connectivity index (χ4v) is 1.54. The van der Waals surface area contributed by atoms with Gasteiger partial charge in [0, 0.05) is 6.54 Å². The molecule has 0 aliphatic heterocycles. The Balaban J connectivity index is 2.33. The van der Waals surface area contributed by atoms with Crippen LogP contribution in [0, 0.1) is 6.92 Å². The summed E-state index contributed by atoms with van der Waals surface area (Å²) < 4.78 is 5.41. The van der Waals surface area contributed by atoms with Gasteiger partial charge in [0.2, 0.25) is 5.89 Å². The number of nitrogens with zero attached hydrogens (tertiary/aromatic N) is 1. The van der Waals surface area contributed by atoms with Gasteiger partial charge >= 0.3 is 0 Å². The molecule has 1 aromatic rings. The summed E-state index contributed by atoms with van der Waals surface area (Å²) in [5.74, 6) is 1.48. The molecule has 0 aliphatic carbocycles. The molecule has 90 valence electrons. The minimum absolute atomic E-state index is 0.00433. The lowest BCUT2D eigenvalue weighted by atomic mass is 10.3. The highest BCUT2D eigenvalue weighted by Crippen LogP contribution is 2.11. The Kier molecular flexibility index (Phi) is 5.25. The van der Waals surface area contributed by atoms with Gasteiger partial charge in [-0.25, -0.2) is 4.98 Å². The van der Waals surface area contributed by atoms with Gasteiger partial charge in [0.05, 0.1) is 6.20 Å². The van der Waals surface area contributed by atoms with Crippen LogP contribution in [0.15, 0.2) is 10.6 Å². The van der Waals surface area contributed by atoms with Crippen molar-refractivity contribution in [3.05, 3.63) is 17.8 Å². The number of aryl methyl sites for hydroxylation is 1. The molecule has 16 heavy (non-hydrogen) atoms. The lowest BCUT2D eigenvalue weighted by Gasteiger charge is -2.14. The van der Waals surface area contributed by atoms with E-state index in [-0.39, 0.29) is 6.04 Å². The molecule has 0 radical (unpaired) electrons. The third-order valence-corrected chi connectivity index (χ3v) is 2.44. The first-order valence-electron chi connectivity index (χ1n) is 5.60. The van der Waals surface area contributed by atoms with E-state index in [0.717, 1.165) is 25.1 Å². The second-order valence-electron chi connectivity index (χ2n) is 3.78. The van der Waals surface area contributed by atoms with Crippen LogP contribution in [-0.2, 0) is 0 Å². The Morgan fingerprint density at radius 2 is 2.38 bits per heavy atom. The first kappa shape index (κ1) is 13.0. The molecule has 2 N–H and O–H groups in total. The summed E-state index contributed by atoms with van der Waals surface area (Å²) in [6.45, 7) is 6.90. The second kappa shape index (κ2) is 6.48. The normalized spacial score (nSPS) is 12.2. The van der Waals surface area contributed by atoms with Crippen LogP contribution in [0.1, 0.15) is 44.4 Å². The smallest absolute Gasteiger partial charge is 0.216 e. The number of rotatable bonds is 5. The SMILES string of the molecule is CCCCNC(=S)NC(C)c1ncc(C)o1. The van der Waals surface area contributed by atoms with E-state index in [1.807, 2.05) is 13.8 Å². The lowest BCUT2D eigenvalue weighted by Crippen LogP contribution is -2.37. The molecule has 0 aliphatic rings. The number of unbranched alkanes of at least 4 members (excludes halogenated alkanes) is 1. The van der Waals surface area contributed by atoms with Gasteiger partial charge in [0.1, 0.15) is 11.8 Å². The highest BCUT2D eigenvalue weighted by molar-refractivity contribution is 7.80. The summed E-state index contributed by atoms with van der Waals surface area (Å²) in [5, 5.41) is 6.92. The van der Waals surface area contributed by atoms with Crippen LogP contribution in [0.4, 0.5) is 0 Å². The molecule has 1 unspecified atom stereocenters. The van der Waals surface area contributed by atoms with Crippen molar-refractivity contribution in [2.45, 2.75) is 39.7 Å². The number of thiocarbonyl (C=S) groups is 1. The van der Waals surface area contributed by atoms with E-state index in [4.69, 9.17) is 16.6 Å². The van der Waals surface area contributed by atoms with Crippen molar-refractivity contribution in [1.29, 1.82) is 0 Å². The van der Waals surface area contributed by atoms with Gasteiger partial charge in [0.25, 0.3) is 0 Å². The van der Waals surface area contributed by atoms with Crippen LogP contribution in [0.25, 0.3) is 0 Å². The standard InChI is InChI=1S/C11H19N3OS/c1-4-5-6-12-11(16)14-9(3)10-13-7-8(2)15-10/h7,9H,4-6H2,1-3H3,(H2,12,14,16). The predicted octanol–water partition coefficient (Wildman–Crippen LogP) is 2.31. The summed E-state index contributed by atoms with van der Waals surface area (Å²) in [6.07, 6.45) is 3.99. The first-order chi connectivity index (χ1) is 7.63. The fourth-order valence-electron chi connectivity index (χ4n) is 1.26. The quantitative estimate of drug-likeness (QED) is 0.612. The van der Waals surface area contributed by atoms with Crippen LogP contribution in [0.2, 0.25) is 0 Å². The van der Waals surface area contributed by atoms with Crippen molar-refractivity contribution >= 4 is 17.3 Å². The maximum Gasteiger partial charge on any atom is 0.216 e. The van der Waals surface area contributed by atoms with E-state index in [1.165, 1.54) is 0 Å². The molecule has 0 saturated carbocycles. The third kappa shape index (κ3) is 4.18. The molecule has 0 spiro atoms. The number of hydrogen-bond donors (Lipinski definition) is 2. The summed E-state index contributed by atoms with van der Waals surface area (Å²) in [6, 6.07) is -0.00433. The highest BCUT2D eigenvalue weighted by Gasteiger charge is 2.11. The molecule has 1 heterocycles. The molecule has 0 aromatic carbocycles. The average molecular weight is 241 g/mol. The zero-order valence-corrected chi connectivity index (χ0v) is 10.9. The van der Waals surface area contributed by atoms with E-state index in [2.05, 4.69) is 22.5 Å². The molecule has 1 rings (SSSR count). The monoisotopic (exact) mass is 241 g/mol. The van der Waals surface area contributed by atoms with Gasteiger partial charge in [-0.2, -0.15) is 0 Å². The molecule has 0 amide bonds. The Labute approximate surface area is 102 Å². The fraction of sp³-hybridized carbons (Fsp3) is 0.636. The summed E-state index contributed by atoms with van der Waals surface area (Å²) >= 11 is 5.16. The number of oxazole rings is 1. The molecule has 1 atom stereocenters. The third-order valence-electron chi connectivity index (χ3n) is 2.17. The first-order valence-corrected chi connectivity index (χ1v) is 6.01. The summed E-state index contributed by atoms with van der Waals surface area (Å²) in [7, 11) is 0. The van der Waals surface area contributed by atoms with Gasteiger partial charge in [-0.15, -0.1) is 0 Å². The van der Waals surface area contributed by atoms with E-state index < -0.39 is 0 Å². The molecule has 0 bridgehead atoms. The molecule has 4 nitrogen and oxygen atoms in total. The van der Waals surface area contributed by atoms with E-state index in [0.29, 0.717) is 11.0 Å². The Morgan fingerprint density at radius 1 is 1.62 bits per heavy atom. The maximum atomic E-state index is 5.41. The molecule has 0 fully saturated rings. The van der Waals surface area contributed by atoms with Gasteiger partial charge in [-0.05, 0) is 32.5 Å². The minimum atomic E-state index is -0.00433. The molecule has 0 saturated heterocycles. The van der Waals surface area contributed by atoms with Crippen molar-refractivity contribution in [3.8, 4) is 0 Å². The summed E-state index contributed by atoms with van der Waals surface area (Å²) in [5.41, 5.74) is 0. The van der Waals surface area contributed by atoms with E-state index >= 15 is 0 Å². The maximum absolute atomic E-state index is 5.41. The van der Waals surface area contributed by atoms with Crippen molar-refractivity contribution in [2.75, 3.05) is 6.54 Å². The minimum Gasteiger partial charge on any atom is -0.444 e. The van der Waals surface area contributed by atoms with Crippen molar-refractivity contribution in [1.82, 2.24) is 15.6 Å². The second-order valence-corrected chi connectivity index (χ2v) is 4.19. The largest absolute Gasteiger partial charge is 0.444 e. The highest BCUT2D eigenvalue weighted by atomic mass is 32.1. The van der Waals surface area contributed by atoms with Gasteiger partial charge in [-0.1, -0.05) is 13.3 Å². The average Bonchev–Trinajstić information content (AvgIpc) is 2.65. The molecular weight excluding hydrogens is 222 g/mol. The molecule has 5 heteroatoms. The van der Waals surface area contributed by atoms with Crippen LogP contribution in [-0.4, -0.2) is 16.6 Å². The van der Waals surface area contributed by atoms with E-state index in [9.17, 15) is 0 Å². The van der Waals surface area contributed by atoms with Gasteiger partial charge < -0.3 is 15.1 Å². The van der Waals surface area contributed by atoms with Crippen molar-refractivity contribution in [2.24, 2.45) is 0 Å². The number of hydrogen-bond acceptors (Lipinski definition) is 3. The Hall–Kier alpha value is -1.10.